The van der Waals surface area contributed by atoms with E-state index in [0.717, 1.165) is 11.0 Å². The summed E-state index contributed by atoms with van der Waals surface area (Å²) in [5, 5.41) is 17.7. The van der Waals surface area contributed by atoms with Crippen molar-refractivity contribution in [1.82, 2.24) is 4.98 Å². The van der Waals surface area contributed by atoms with E-state index in [4.69, 9.17) is 0 Å². The van der Waals surface area contributed by atoms with Crippen LogP contribution < -0.4 is 4.90 Å². The second-order valence-electron chi connectivity index (χ2n) is 7.06. The summed E-state index contributed by atoms with van der Waals surface area (Å²) in [4.78, 5) is 41.6. The minimum Gasteiger partial charge on any atom is -0.493 e. The zero-order valence-corrected chi connectivity index (χ0v) is 16.2. The standard InChI is InChI=1S/C23H13FN4O4/c24-13-8-9-18-17(11-13)19(21(30)25-18)26-27-20(29)12-4-3-5-14(10-12)28-22(31)15-6-1-2-7-16(15)23(28)32/h1-11,25,30H. The second-order valence-corrected chi connectivity index (χ2v) is 7.06. The van der Waals surface area contributed by atoms with Gasteiger partial charge in [-0.05, 0) is 48.5 Å². The van der Waals surface area contributed by atoms with Crippen molar-refractivity contribution in [3.8, 4) is 5.88 Å². The molecule has 8 nitrogen and oxygen atoms in total. The fraction of sp³-hybridized carbons (Fsp3) is 0. The molecule has 156 valence electrons. The minimum atomic E-state index is -0.770. The molecule has 0 bridgehead atoms. The lowest BCUT2D eigenvalue weighted by atomic mass is 10.1. The molecule has 5 rings (SSSR count). The van der Waals surface area contributed by atoms with Crippen LogP contribution in [-0.2, 0) is 0 Å². The number of anilines is 1. The summed E-state index contributed by atoms with van der Waals surface area (Å²) in [6, 6.07) is 16.1. The van der Waals surface area contributed by atoms with Crippen molar-refractivity contribution in [2.45, 2.75) is 0 Å². The molecule has 0 saturated carbocycles. The monoisotopic (exact) mass is 428 g/mol. The molecule has 32 heavy (non-hydrogen) atoms. The average Bonchev–Trinajstić information content (AvgIpc) is 3.24. The van der Waals surface area contributed by atoms with E-state index >= 15 is 0 Å². The smallest absolute Gasteiger partial charge is 0.295 e. The van der Waals surface area contributed by atoms with Gasteiger partial charge in [-0.1, -0.05) is 18.2 Å². The molecule has 9 heteroatoms. The molecule has 0 fully saturated rings. The summed E-state index contributed by atoms with van der Waals surface area (Å²) < 4.78 is 13.5. The van der Waals surface area contributed by atoms with Crippen molar-refractivity contribution in [2.75, 3.05) is 4.90 Å². The van der Waals surface area contributed by atoms with E-state index in [1.165, 1.54) is 36.4 Å². The molecular weight excluding hydrogens is 415 g/mol. The molecule has 3 aromatic carbocycles. The van der Waals surface area contributed by atoms with Gasteiger partial charge in [0.25, 0.3) is 17.7 Å². The first kappa shape index (κ1) is 19.3. The van der Waals surface area contributed by atoms with Crippen LogP contribution in [0.2, 0.25) is 0 Å². The third kappa shape index (κ3) is 3.03. The van der Waals surface area contributed by atoms with Crippen LogP contribution >= 0.6 is 0 Å². The Labute approximate surface area is 179 Å². The molecule has 0 saturated heterocycles. The Morgan fingerprint density at radius 2 is 1.66 bits per heavy atom. The molecule has 3 amide bonds. The number of aromatic nitrogens is 1. The van der Waals surface area contributed by atoms with E-state index in [1.807, 2.05) is 0 Å². The number of carbonyl (C=O) groups excluding carboxylic acids is 3. The van der Waals surface area contributed by atoms with Crippen LogP contribution in [0.3, 0.4) is 0 Å². The quantitative estimate of drug-likeness (QED) is 0.362. The predicted octanol–water partition coefficient (Wildman–Crippen LogP) is 4.74. The van der Waals surface area contributed by atoms with Crippen LogP contribution in [0.5, 0.6) is 5.88 Å². The van der Waals surface area contributed by atoms with Crippen molar-refractivity contribution in [3.63, 3.8) is 0 Å². The molecule has 0 aliphatic carbocycles. The Balaban J connectivity index is 1.45. The summed E-state index contributed by atoms with van der Waals surface area (Å²) in [6.07, 6.45) is 0. The molecule has 0 radical (unpaired) electrons. The number of azo groups is 1. The van der Waals surface area contributed by atoms with Crippen molar-refractivity contribution in [2.24, 2.45) is 10.2 Å². The number of imide groups is 1. The van der Waals surface area contributed by atoms with Gasteiger partial charge < -0.3 is 10.1 Å². The number of halogens is 1. The summed E-state index contributed by atoms with van der Waals surface area (Å²) in [6.45, 7) is 0. The third-order valence-corrected chi connectivity index (χ3v) is 5.10. The number of aromatic amines is 1. The van der Waals surface area contributed by atoms with Gasteiger partial charge >= 0.3 is 0 Å². The number of carbonyl (C=O) groups is 3. The molecular formula is C23H13FN4O4. The van der Waals surface area contributed by atoms with Gasteiger partial charge in [0.2, 0.25) is 5.88 Å². The number of hydrogen-bond acceptors (Lipinski definition) is 5. The maximum atomic E-state index is 13.5. The first-order chi connectivity index (χ1) is 15.4. The maximum absolute atomic E-state index is 13.5. The Morgan fingerprint density at radius 3 is 2.38 bits per heavy atom. The zero-order chi connectivity index (χ0) is 22.4. The summed E-state index contributed by atoms with van der Waals surface area (Å²) in [5.74, 6) is -2.63. The predicted molar refractivity (Wildman–Crippen MR) is 113 cm³/mol. The summed E-state index contributed by atoms with van der Waals surface area (Å²) in [7, 11) is 0. The highest BCUT2D eigenvalue weighted by atomic mass is 19.1. The number of nitrogens with zero attached hydrogens (tertiary/aromatic N) is 3. The summed E-state index contributed by atoms with van der Waals surface area (Å²) in [5.41, 5.74) is 1.22. The van der Waals surface area contributed by atoms with Crippen LogP contribution in [0.1, 0.15) is 31.1 Å². The first-order valence-corrected chi connectivity index (χ1v) is 9.48. The lowest BCUT2D eigenvalue weighted by molar-refractivity contribution is 0.0923. The molecule has 4 aromatic rings. The van der Waals surface area contributed by atoms with Gasteiger partial charge in [0, 0.05) is 10.9 Å². The van der Waals surface area contributed by atoms with Gasteiger partial charge in [0.1, 0.15) is 5.82 Å². The molecule has 0 spiro atoms. The van der Waals surface area contributed by atoms with Crippen LogP contribution in [0.4, 0.5) is 15.8 Å². The van der Waals surface area contributed by atoms with E-state index < -0.39 is 23.5 Å². The largest absolute Gasteiger partial charge is 0.493 e. The number of aromatic hydroxyl groups is 1. The fourth-order valence-electron chi connectivity index (χ4n) is 3.59. The Bertz CT molecular complexity index is 1440. The van der Waals surface area contributed by atoms with Crippen LogP contribution in [0.15, 0.2) is 77.0 Å². The van der Waals surface area contributed by atoms with Crippen LogP contribution in [0, 0.1) is 5.82 Å². The Kier molecular flexibility index (Phi) is 4.37. The van der Waals surface area contributed by atoms with Gasteiger partial charge in [0.05, 0.1) is 22.3 Å². The van der Waals surface area contributed by atoms with Crippen molar-refractivity contribution in [3.05, 3.63) is 89.2 Å². The molecule has 0 atom stereocenters. The van der Waals surface area contributed by atoms with Gasteiger partial charge in [0.15, 0.2) is 5.69 Å². The number of rotatable bonds is 3. The molecule has 1 aliphatic heterocycles. The number of benzene rings is 3. The minimum absolute atomic E-state index is 0.0771. The normalized spacial score (nSPS) is 13.3. The highest BCUT2D eigenvalue weighted by Gasteiger charge is 2.36. The topological polar surface area (TPSA) is 115 Å². The van der Waals surface area contributed by atoms with Crippen LogP contribution in [-0.4, -0.2) is 27.8 Å². The van der Waals surface area contributed by atoms with Gasteiger partial charge in [-0.3, -0.25) is 14.4 Å². The molecule has 0 unspecified atom stereocenters. The molecule has 1 aliphatic rings. The first-order valence-electron chi connectivity index (χ1n) is 9.48. The number of H-pyrrole nitrogens is 1. The number of fused-ring (bicyclic) bond motifs is 2. The zero-order valence-electron chi connectivity index (χ0n) is 16.2. The number of nitrogens with one attached hydrogen (secondary N) is 1. The fourth-order valence-corrected chi connectivity index (χ4v) is 3.59. The van der Waals surface area contributed by atoms with Crippen molar-refractivity contribution in [1.29, 1.82) is 0 Å². The van der Waals surface area contributed by atoms with E-state index in [0.29, 0.717) is 5.52 Å². The third-order valence-electron chi connectivity index (χ3n) is 5.10. The molecule has 1 aromatic heterocycles. The van der Waals surface area contributed by atoms with E-state index in [1.54, 1.807) is 24.3 Å². The Morgan fingerprint density at radius 1 is 0.938 bits per heavy atom. The van der Waals surface area contributed by atoms with E-state index in [-0.39, 0.29) is 39.3 Å². The van der Waals surface area contributed by atoms with E-state index in [2.05, 4.69) is 15.2 Å². The van der Waals surface area contributed by atoms with Crippen molar-refractivity contribution >= 4 is 40.0 Å². The van der Waals surface area contributed by atoms with Crippen LogP contribution in [0.25, 0.3) is 10.9 Å². The van der Waals surface area contributed by atoms with E-state index in [9.17, 15) is 23.9 Å². The SMILES string of the molecule is O=C(N=Nc1c(O)[nH]c2ccc(F)cc12)c1cccc(N2C(=O)c3ccccc3C2=O)c1. The lowest BCUT2D eigenvalue weighted by Gasteiger charge is -2.14. The summed E-state index contributed by atoms with van der Waals surface area (Å²) >= 11 is 0. The van der Waals surface area contributed by atoms with Gasteiger partial charge in [-0.2, -0.15) is 0 Å². The molecule has 2 N–H and O–H groups in total. The molecule has 2 heterocycles. The maximum Gasteiger partial charge on any atom is 0.295 e. The van der Waals surface area contributed by atoms with Gasteiger partial charge in [-0.15, -0.1) is 10.2 Å². The van der Waals surface area contributed by atoms with Gasteiger partial charge in [-0.25, -0.2) is 9.29 Å². The average molecular weight is 428 g/mol. The van der Waals surface area contributed by atoms with Crippen molar-refractivity contribution < 1.29 is 23.9 Å². The second kappa shape index (κ2) is 7.24. The number of hydrogen-bond donors (Lipinski definition) is 2. The lowest BCUT2D eigenvalue weighted by Crippen LogP contribution is -2.29. The highest BCUT2D eigenvalue weighted by molar-refractivity contribution is 6.34. The number of amides is 3. The highest BCUT2D eigenvalue weighted by Crippen LogP contribution is 2.36. The Hall–Kier alpha value is -4.66.